The van der Waals surface area contributed by atoms with Crippen LogP contribution in [0.5, 0.6) is 0 Å². The summed E-state index contributed by atoms with van der Waals surface area (Å²) in [5.74, 6) is -1.85. The molecule has 1 aliphatic heterocycles. The topological polar surface area (TPSA) is 163 Å². The van der Waals surface area contributed by atoms with Crippen molar-refractivity contribution in [3.63, 3.8) is 0 Å². The number of rotatable bonds is 3. The third kappa shape index (κ3) is 17.8. The van der Waals surface area contributed by atoms with Crippen LogP contribution in [0.25, 0.3) is 0 Å². The van der Waals surface area contributed by atoms with E-state index in [1.807, 2.05) is 18.2 Å². The minimum atomic E-state index is -0.982. The molecule has 0 bridgehead atoms. The molecule has 1 fully saturated rings. The van der Waals surface area contributed by atoms with Gasteiger partial charge in [0.1, 0.15) is 18.4 Å². The van der Waals surface area contributed by atoms with Gasteiger partial charge in [0.05, 0.1) is 13.1 Å². The maximum atomic E-state index is 12.6. The van der Waals surface area contributed by atoms with Crippen molar-refractivity contribution in [2.24, 2.45) is 5.92 Å². The number of hydrogen-bond acceptors (Lipinski definition) is 6. The Morgan fingerprint density at radius 1 is 0.787 bits per heavy atom. The van der Waals surface area contributed by atoms with Gasteiger partial charge in [-0.3, -0.25) is 24.0 Å². The number of aryl methyl sites for hydroxylation is 1. The molecule has 12 heteroatoms. The van der Waals surface area contributed by atoms with Crippen LogP contribution >= 0.6 is 15.9 Å². The average molecular weight is 713 g/mol. The lowest BCUT2D eigenvalue weighted by Gasteiger charge is -2.19. The molecule has 2 atom stereocenters. The quantitative estimate of drug-likeness (QED) is 0.308. The van der Waals surface area contributed by atoms with E-state index in [1.165, 1.54) is 43.7 Å². The van der Waals surface area contributed by atoms with Gasteiger partial charge in [-0.05, 0) is 36.6 Å². The summed E-state index contributed by atoms with van der Waals surface area (Å²) in [5.41, 5.74) is 2.09. The van der Waals surface area contributed by atoms with Crippen molar-refractivity contribution >= 4 is 51.8 Å². The van der Waals surface area contributed by atoms with Crippen molar-refractivity contribution in [1.82, 2.24) is 26.6 Å². The van der Waals surface area contributed by atoms with Crippen molar-refractivity contribution in [2.75, 3.05) is 19.6 Å². The van der Waals surface area contributed by atoms with E-state index in [0.29, 0.717) is 6.29 Å². The van der Waals surface area contributed by atoms with Gasteiger partial charge in [0.25, 0.3) is 0 Å². The van der Waals surface area contributed by atoms with Crippen LogP contribution in [0.1, 0.15) is 56.6 Å². The van der Waals surface area contributed by atoms with Crippen molar-refractivity contribution in [1.29, 1.82) is 0 Å². The van der Waals surface area contributed by atoms with Crippen LogP contribution in [0, 0.1) is 12.8 Å². The third-order valence-electron chi connectivity index (χ3n) is 7.29. The molecule has 47 heavy (non-hydrogen) atoms. The highest BCUT2D eigenvalue weighted by atomic mass is 79.9. The summed E-state index contributed by atoms with van der Waals surface area (Å²) < 4.78 is 1.14. The number of carbonyl (C=O) groups is 6. The predicted octanol–water partition coefficient (Wildman–Crippen LogP) is 3.05. The Morgan fingerprint density at radius 3 is 2.04 bits per heavy atom. The van der Waals surface area contributed by atoms with Gasteiger partial charge in [-0.1, -0.05) is 109 Å². The average Bonchev–Trinajstić information content (AvgIpc) is 3.06. The summed E-state index contributed by atoms with van der Waals surface area (Å²) in [6.45, 7) is 3.50. The number of carbonyl (C=O) groups excluding carboxylic acids is 6. The molecule has 5 amide bonds. The summed E-state index contributed by atoms with van der Waals surface area (Å²) in [4.78, 5) is 71.7. The molecule has 5 N–H and O–H groups in total. The van der Waals surface area contributed by atoms with Gasteiger partial charge in [0.2, 0.25) is 29.5 Å². The molecule has 0 aromatic heterocycles. The highest BCUT2D eigenvalue weighted by molar-refractivity contribution is 9.10. The van der Waals surface area contributed by atoms with Gasteiger partial charge < -0.3 is 31.4 Å². The molecule has 2 aromatic rings. The van der Waals surface area contributed by atoms with Gasteiger partial charge in [0, 0.05) is 23.9 Å². The zero-order valence-corrected chi connectivity index (χ0v) is 28.6. The molecule has 11 nitrogen and oxygen atoms in total. The Hall–Kier alpha value is -4.32. The smallest absolute Gasteiger partial charge is 0.244 e. The first-order valence-electron chi connectivity index (χ1n) is 15.8. The fourth-order valence-electron chi connectivity index (χ4n) is 4.61. The van der Waals surface area contributed by atoms with Crippen molar-refractivity contribution in [3.8, 4) is 0 Å². The number of amides is 5. The monoisotopic (exact) mass is 711 g/mol. The van der Waals surface area contributed by atoms with Crippen LogP contribution in [0.4, 0.5) is 0 Å². The van der Waals surface area contributed by atoms with Gasteiger partial charge in [-0.25, -0.2) is 0 Å². The van der Waals surface area contributed by atoms with E-state index in [-0.39, 0.29) is 25.9 Å². The second kappa shape index (κ2) is 22.2. The van der Waals surface area contributed by atoms with E-state index in [4.69, 9.17) is 0 Å². The molecule has 1 saturated carbocycles. The van der Waals surface area contributed by atoms with Crippen LogP contribution in [0.2, 0.25) is 0 Å². The largest absolute Gasteiger partial charge is 0.352 e. The Labute approximate surface area is 285 Å². The Kier molecular flexibility index (Phi) is 18.4. The Balaban J connectivity index is 0.000000413. The van der Waals surface area contributed by atoms with Crippen LogP contribution in [-0.2, 0) is 35.2 Å². The minimum Gasteiger partial charge on any atom is -0.352 e. The van der Waals surface area contributed by atoms with E-state index in [0.717, 1.165) is 22.0 Å². The summed E-state index contributed by atoms with van der Waals surface area (Å²) in [6.07, 6.45) is 10.3. The van der Waals surface area contributed by atoms with Gasteiger partial charge in [0.15, 0.2) is 0 Å². The van der Waals surface area contributed by atoms with E-state index >= 15 is 0 Å². The maximum Gasteiger partial charge on any atom is 0.244 e. The Morgan fingerprint density at radius 2 is 1.45 bits per heavy atom. The highest BCUT2D eigenvalue weighted by Crippen LogP contribution is 2.22. The molecular weight excluding hydrogens is 666 g/mol. The minimum absolute atomic E-state index is 0.170. The Bertz CT molecular complexity index is 1310. The molecule has 1 aliphatic carbocycles. The summed E-state index contributed by atoms with van der Waals surface area (Å²) in [6, 6.07) is 15.2. The van der Waals surface area contributed by atoms with Crippen LogP contribution in [0.3, 0.4) is 0 Å². The molecule has 0 saturated heterocycles. The van der Waals surface area contributed by atoms with Crippen LogP contribution in [-0.4, -0.2) is 67.5 Å². The zero-order valence-electron chi connectivity index (χ0n) is 27.1. The lowest BCUT2D eigenvalue weighted by atomic mass is 9.91. The molecule has 0 spiro atoms. The number of benzene rings is 2. The molecule has 254 valence electrons. The second-order valence-electron chi connectivity index (χ2n) is 11.5. The number of halogens is 1. The predicted molar refractivity (Wildman–Crippen MR) is 184 cm³/mol. The lowest BCUT2D eigenvalue weighted by molar-refractivity contribution is -0.130. The van der Waals surface area contributed by atoms with Crippen LogP contribution < -0.4 is 26.6 Å². The van der Waals surface area contributed by atoms with Gasteiger partial charge >= 0.3 is 0 Å². The maximum absolute atomic E-state index is 12.6. The fourth-order valence-corrected chi connectivity index (χ4v) is 4.87. The van der Waals surface area contributed by atoms with Crippen LogP contribution in [0.15, 0.2) is 71.2 Å². The molecule has 0 radical (unpaired) electrons. The van der Waals surface area contributed by atoms with E-state index in [2.05, 4.69) is 68.5 Å². The lowest BCUT2D eigenvalue weighted by Crippen LogP contribution is -2.52. The van der Waals surface area contributed by atoms with E-state index in [9.17, 15) is 28.8 Å². The second-order valence-corrected chi connectivity index (χ2v) is 12.4. The summed E-state index contributed by atoms with van der Waals surface area (Å²) in [5, 5.41) is 12.2. The SMILES string of the molecule is CC1CCCCC1.Cc1ccc(Br)cc1.O=C[C@@H]1CNC(=O)CNC(=O)[C@H](Cc2ccccc2)NC(=O)CNC(=O)CC=CC(=O)N1. The first-order chi connectivity index (χ1) is 22.5. The molecule has 2 aliphatic rings. The molecule has 1 heterocycles. The molecule has 4 rings (SSSR count). The summed E-state index contributed by atoms with van der Waals surface area (Å²) in [7, 11) is 0. The summed E-state index contributed by atoms with van der Waals surface area (Å²) >= 11 is 3.35. The van der Waals surface area contributed by atoms with Crippen molar-refractivity contribution < 1.29 is 28.8 Å². The number of nitrogens with one attached hydrogen (secondary N) is 5. The first kappa shape index (κ1) is 38.9. The molecule has 2 aromatic carbocycles. The standard InChI is InChI=1S/C21H25N5O6.C7H7Br.C7H14/c27-13-15-10-22-19(30)11-24-21(32)16(9-14-5-2-1-3-6-14)26-20(31)12-23-17(28)7-4-8-18(29)25-15;1-6-2-4-7(8)5-3-6;1-7-5-3-2-4-6-7/h1-6,8,13,15-16H,7,9-12H2,(H,22,30)(H,23,28)(H,24,32)(H,25,29)(H,26,31);2-5H,1H3;7H,2-6H2,1H3/t15-,16-;;/m0../s1. The van der Waals surface area contributed by atoms with Gasteiger partial charge in [-0.2, -0.15) is 0 Å². The number of aldehydes is 1. The van der Waals surface area contributed by atoms with E-state index < -0.39 is 48.2 Å². The number of hydrogen-bond donors (Lipinski definition) is 5. The van der Waals surface area contributed by atoms with Crippen molar-refractivity contribution in [3.05, 3.63) is 82.3 Å². The molecular formula is C35H46BrN5O6. The van der Waals surface area contributed by atoms with E-state index in [1.54, 1.807) is 24.3 Å². The third-order valence-corrected chi connectivity index (χ3v) is 7.82. The zero-order chi connectivity index (χ0) is 34.4. The fraction of sp³-hybridized carbons (Fsp3) is 0.429. The highest BCUT2D eigenvalue weighted by Gasteiger charge is 2.22. The molecule has 0 unspecified atom stereocenters. The normalized spacial score (nSPS) is 20.1. The van der Waals surface area contributed by atoms with Gasteiger partial charge in [-0.15, -0.1) is 0 Å². The van der Waals surface area contributed by atoms with Crippen molar-refractivity contribution in [2.45, 2.75) is 70.9 Å². The first-order valence-corrected chi connectivity index (χ1v) is 16.6.